The first-order chi connectivity index (χ1) is 12.9. The topological polar surface area (TPSA) is 90.9 Å². The highest BCUT2D eigenvalue weighted by atomic mass is 16.6. The van der Waals surface area contributed by atoms with Gasteiger partial charge in [-0.3, -0.25) is 9.59 Å². The molecule has 1 amide bonds. The molecule has 0 saturated heterocycles. The third-order valence-corrected chi connectivity index (χ3v) is 3.41. The summed E-state index contributed by atoms with van der Waals surface area (Å²) in [5, 5.41) is 2.65. The number of esters is 2. The Morgan fingerprint density at radius 3 is 2.19 bits per heavy atom. The van der Waals surface area contributed by atoms with Gasteiger partial charge in [0.05, 0.1) is 0 Å². The van der Waals surface area contributed by atoms with Crippen LogP contribution in [0.3, 0.4) is 0 Å². The summed E-state index contributed by atoms with van der Waals surface area (Å²) in [7, 11) is 0. The molecule has 0 radical (unpaired) electrons. The predicted octanol–water partition coefficient (Wildman–Crippen LogP) is 3.01. The lowest BCUT2D eigenvalue weighted by Crippen LogP contribution is -2.26. The second-order valence-electron chi connectivity index (χ2n) is 5.71. The van der Waals surface area contributed by atoms with Crippen LogP contribution in [0, 0.1) is 0 Å². The molecule has 0 aliphatic carbocycles. The zero-order chi connectivity index (χ0) is 19.6. The van der Waals surface area contributed by atoms with Gasteiger partial charge in [0, 0.05) is 20.4 Å². The number of rotatable bonds is 7. The Balaban J connectivity index is 1.86. The van der Waals surface area contributed by atoms with E-state index in [2.05, 4.69) is 5.32 Å². The molecule has 0 aliphatic heterocycles. The van der Waals surface area contributed by atoms with E-state index in [1.807, 2.05) is 30.3 Å². The number of hydrogen-bond donors (Lipinski definition) is 1. The van der Waals surface area contributed by atoms with Gasteiger partial charge in [-0.05, 0) is 29.7 Å². The zero-order valence-corrected chi connectivity index (χ0v) is 15.2. The van der Waals surface area contributed by atoms with Crippen LogP contribution in [0.15, 0.2) is 48.5 Å². The Morgan fingerprint density at radius 2 is 1.52 bits per heavy atom. The van der Waals surface area contributed by atoms with E-state index in [1.54, 1.807) is 18.2 Å². The molecule has 0 bridgehead atoms. The largest absolute Gasteiger partial charge is 0.445 e. The van der Waals surface area contributed by atoms with Gasteiger partial charge in [-0.1, -0.05) is 36.4 Å². The minimum Gasteiger partial charge on any atom is -0.445 e. The molecular formula is C20H21NO6. The Labute approximate surface area is 157 Å². The average molecular weight is 371 g/mol. The van der Waals surface area contributed by atoms with Crippen molar-refractivity contribution in [2.75, 3.05) is 6.54 Å². The molecule has 0 aromatic heterocycles. The number of carbonyl (C=O) groups is 3. The Hall–Kier alpha value is -3.35. The Bertz CT molecular complexity index is 803. The molecule has 0 heterocycles. The third-order valence-electron chi connectivity index (χ3n) is 3.41. The van der Waals surface area contributed by atoms with Gasteiger partial charge in [-0.25, -0.2) is 4.79 Å². The fourth-order valence-electron chi connectivity index (χ4n) is 2.26. The highest BCUT2D eigenvalue weighted by molar-refractivity contribution is 5.73. The van der Waals surface area contributed by atoms with Gasteiger partial charge >= 0.3 is 18.0 Å². The molecule has 7 nitrogen and oxygen atoms in total. The Morgan fingerprint density at radius 1 is 0.852 bits per heavy atom. The quantitative estimate of drug-likeness (QED) is 0.594. The van der Waals surface area contributed by atoms with E-state index in [-0.39, 0.29) is 18.1 Å². The molecule has 1 N–H and O–H groups in total. The number of hydrogen-bond acceptors (Lipinski definition) is 6. The number of alkyl carbamates (subject to hydrolysis) is 1. The molecular weight excluding hydrogens is 350 g/mol. The van der Waals surface area contributed by atoms with Gasteiger partial charge in [-0.2, -0.15) is 0 Å². The number of carbonyl (C=O) groups excluding carboxylic acids is 3. The maximum Gasteiger partial charge on any atom is 0.407 e. The van der Waals surface area contributed by atoms with Gasteiger partial charge in [0.2, 0.25) is 0 Å². The molecule has 0 fully saturated rings. The van der Waals surface area contributed by atoms with E-state index >= 15 is 0 Å². The lowest BCUT2D eigenvalue weighted by Gasteiger charge is -2.11. The SMILES string of the molecule is CC(=O)Oc1ccc(CCNC(=O)OCc2ccccc2)cc1OC(C)=O. The van der Waals surface area contributed by atoms with Gasteiger partial charge in [0.1, 0.15) is 6.61 Å². The molecule has 0 atom stereocenters. The highest BCUT2D eigenvalue weighted by Gasteiger charge is 2.11. The molecule has 27 heavy (non-hydrogen) atoms. The van der Waals surface area contributed by atoms with Crippen molar-refractivity contribution in [3.05, 3.63) is 59.7 Å². The van der Waals surface area contributed by atoms with Gasteiger partial charge in [0.15, 0.2) is 11.5 Å². The lowest BCUT2D eigenvalue weighted by atomic mass is 10.1. The lowest BCUT2D eigenvalue weighted by molar-refractivity contribution is -0.134. The van der Waals surface area contributed by atoms with Gasteiger partial charge < -0.3 is 19.5 Å². The second kappa shape index (κ2) is 9.96. The van der Waals surface area contributed by atoms with Crippen LogP contribution < -0.4 is 14.8 Å². The molecule has 0 saturated carbocycles. The van der Waals surface area contributed by atoms with Crippen LogP contribution >= 0.6 is 0 Å². The summed E-state index contributed by atoms with van der Waals surface area (Å²) in [6.45, 7) is 3.05. The van der Waals surface area contributed by atoms with Crippen molar-refractivity contribution >= 4 is 18.0 Å². The molecule has 0 aliphatic rings. The smallest absolute Gasteiger partial charge is 0.407 e. The van der Waals surface area contributed by atoms with Crippen molar-refractivity contribution in [1.29, 1.82) is 0 Å². The van der Waals surface area contributed by atoms with Crippen molar-refractivity contribution in [3.63, 3.8) is 0 Å². The van der Waals surface area contributed by atoms with Crippen molar-refractivity contribution in [1.82, 2.24) is 5.32 Å². The summed E-state index contributed by atoms with van der Waals surface area (Å²) in [5.41, 5.74) is 1.70. The number of benzene rings is 2. The highest BCUT2D eigenvalue weighted by Crippen LogP contribution is 2.29. The van der Waals surface area contributed by atoms with Crippen molar-refractivity contribution in [2.24, 2.45) is 0 Å². The van der Waals surface area contributed by atoms with Crippen LogP contribution in [0.25, 0.3) is 0 Å². The Kier molecular flexibility index (Phi) is 7.37. The van der Waals surface area contributed by atoms with Crippen LogP contribution in [0.5, 0.6) is 11.5 Å². The minimum atomic E-state index is -0.525. The summed E-state index contributed by atoms with van der Waals surface area (Å²) in [6.07, 6.45) is -0.0368. The van der Waals surface area contributed by atoms with Crippen LogP contribution in [0.2, 0.25) is 0 Å². The third kappa shape index (κ3) is 7.19. The first kappa shape index (κ1) is 20.0. The normalized spacial score (nSPS) is 10.0. The van der Waals surface area contributed by atoms with E-state index in [9.17, 15) is 14.4 Å². The summed E-state index contributed by atoms with van der Waals surface area (Å²) in [6, 6.07) is 14.2. The molecule has 7 heteroatoms. The summed E-state index contributed by atoms with van der Waals surface area (Å²) >= 11 is 0. The number of amides is 1. The number of ether oxygens (including phenoxy) is 3. The van der Waals surface area contributed by atoms with Crippen molar-refractivity contribution < 1.29 is 28.6 Å². The summed E-state index contributed by atoms with van der Waals surface area (Å²) in [4.78, 5) is 34.1. The maximum absolute atomic E-state index is 11.7. The van der Waals surface area contributed by atoms with Gasteiger partial charge in [0.25, 0.3) is 0 Å². The first-order valence-electron chi connectivity index (χ1n) is 8.38. The first-order valence-corrected chi connectivity index (χ1v) is 8.38. The van der Waals surface area contributed by atoms with E-state index < -0.39 is 18.0 Å². The molecule has 0 unspecified atom stereocenters. The van der Waals surface area contributed by atoms with Crippen LogP contribution in [-0.2, 0) is 27.4 Å². The molecule has 2 aromatic rings. The van der Waals surface area contributed by atoms with Crippen molar-refractivity contribution in [2.45, 2.75) is 26.9 Å². The summed E-state index contributed by atoms with van der Waals surface area (Å²) in [5.74, 6) is -0.722. The molecule has 0 spiro atoms. The van der Waals surface area contributed by atoms with E-state index in [0.717, 1.165) is 11.1 Å². The van der Waals surface area contributed by atoms with Crippen LogP contribution in [0.4, 0.5) is 4.79 Å². The molecule has 2 rings (SSSR count). The maximum atomic E-state index is 11.7. The minimum absolute atomic E-state index is 0.154. The second-order valence-corrected chi connectivity index (χ2v) is 5.71. The van der Waals surface area contributed by atoms with E-state index in [1.165, 1.54) is 13.8 Å². The van der Waals surface area contributed by atoms with Gasteiger partial charge in [-0.15, -0.1) is 0 Å². The van der Waals surface area contributed by atoms with Crippen LogP contribution in [-0.4, -0.2) is 24.6 Å². The monoisotopic (exact) mass is 371 g/mol. The van der Waals surface area contributed by atoms with E-state index in [0.29, 0.717) is 13.0 Å². The molecule has 2 aromatic carbocycles. The van der Waals surface area contributed by atoms with E-state index in [4.69, 9.17) is 14.2 Å². The van der Waals surface area contributed by atoms with Crippen LogP contribution in [0.1, 0.15) is 25.0 Å². The zero-order valence-electron chi connectivity index (χ0n) is 15.2. The fourth-order valence-corrected chi connectivity index (χ4v) is 2.26. The standard InChI is InChI=1S/C20H21NO6/c1-14(22)26-18-9-8-16(12-19(18)27-15(2)23)10-11-21-20(24)25-13-17-6-4-3-5-7-17/h3-9,12H,10-11,13H2,1-2H3,(H,21,24). The molecule has 142 valence electrons. The fraction of sp³-hybridized carbons (Fsp3) is 0.250. The predicted molar refractivity (Wildman–Crippen MR) is 97.4 cm³/mol. The average Bonchev–Trinajstić information content (AvgIpc) is 2.62. The van der Waals surface area contributed by atoms with Crippen molar-refractivity contribution in [3.8, 4) is 11.5 Å². The number of nitrogens with one attached hydrogen (secondary N) is 1. The summed E-state index contributed by atoms with van der Waals surface area (Å²) < 4.78 is 15.2.